The van der Waals surface area contributed by atoms with Crippen molar-refractivity contribution in [2.24, 2.45) is 5.73 Å². The number of hydrogen-bond acceptors (Lipinski definition) is 3. The molecule has 108 valence electrons. The summed E-state index contributed by atoms with van der Waals surface area (Å²) in [6, 6.07) is 13.5. The third-order valence-electron chi connectivity index (χ3n) is 3.33. The molecular weight excluding hydrogens is 267 g/mol. The topological polar surface area (TPSA) is 59.0 Å². The lowest BCUT2D eigenvalue weighted by molar-refractivity contribution is 0.300. The van der Waals surface area contributed by atoms with Gasteiger partial charge < -0.3 is 10.5 Å². The Bertz CT molecular complexity index is 664. The number of para-hydroxylation sites is 1. The van der Waals surface area contributed by atoms with Crippen LogP contribution in [0.25, 0.3) is 0 Å². The molecule has 1 unspecified atom stereocenters. The molecule has 0 aromatic heterocycles. The third kappa shape index (κ3) is 3.59. The van der Waals surface area contributed by atoms with Crippen LogP contribution in [0.4, 0.5) is 4.39 Å². The minimum atomic E-state index is -0.383. The van der Waals surface area contributed by atoms with Crippen LogP contribution in [0.3, 0.4) is 0 Å². The SMILES string of the molecule is CCC(N)c1ccccc1OCc1cc(F)ccc1C#N. The highest BCUT2D eigenvalue weighted by molar-refractivity contribution is 5.39. The maximum absolute atomic E-state index is 13.3. The fraction of sp³-hybridized carbons (Fsp3) is 0.235. The molecule has 4 heteroatoms. The second kappa shape index (κ2) is 6.87. The van der Waals surface area contributed by atoms with Crippen molar-refractivity contribution in [1.82, 2.24) is 0 Å². The van der Waals surface area contributed by atoms with Crippen molar-refractivity contribution < 1.29 is 9.13 Å². The molecule has 2 N–H and O–H groups in total. The van der Waals surface area contributed by atoms with Crippen molar-refractivity contribution in [3.8, 4) is 11.8 Å². The monoisotopic (exact) mass is 284 g/mol. The minimum Gasteiger partial charge on any atom is -0.489 e. The summed E-state index contributed by atoms with van der Waals surface area (Å²) in [5, 5.41) is 9.04. The molecule has 2 rings (SSSR count). The van der Waals surface area contributed by atoms with E-state index in [1.54, 1.807) is 0 Å². The van der Waals surface area contributed by atoms with Crippen LogP contribution in [-0.4, -0.2) is 0 Å². The van der Waals surface area contributed by atoms with Gasteiger partial charge >= 0.3 is 0 Å². The number of hydrogen-bond donors (Lipinski definition) is 1. The highest BCUT2D eigenvalue weighted by Crippen LogP contribution is 2.26. The number of benzene rings is 2. The maximum atomic E-state index is 13.3. The van der Waals surface area contributed by atoms with E-state index in [2.05, 4.69) is 0 Å². The molecule has 0 saturated carbocycles. The fourth-order valence-electron chi connectivity index (χ4n) is 2.08. The van der Waals surface area contributed by atoms with E-state index < -0.39 is 0 Å². The van der Waals surface area contributed by atoms with Gasteiger partial charge in [-0.2, -0.15) is 5.26 Å². The lowest BCUT2D eigenvalue weighted by atomic mass is 10.0. The van der Waals surface area contributed by atoms with Crippen LogP contribution in [0.2, 0.25) is 0 Å². The van der Waals surface area contributed by atoms with Gasteiger partial charge in [0.05, 0.1) is 11.6 Å². The van der Waals surface area contributed by atoms with E-state index in [4.69, 9.17) is 15.7 Å². The van der Waals surface area contributed by atoms with Gasteiger partial charge in [-0.15, -0.1) is 0 Å². The molecule has 0 aliphatic carbocycles. The zero-order valence-electron chi connectivity index (χ0n) is 11.8. The molecule has 0 bridgehead atoms. The molecule has 0 amide bonds. The Labute approximate surface area is 123 Å². The van der Waals surface area contributed by atoms with E-state index in [1.165, 1.54) is 18.2 Å². The zero-order valence-corrected chi connectivity index (χ0v) is 11.8. The molecule has 0 spiro atoms. The Hall–Kier alpha value is -2.38. The second-order valence-corrected chi connectivity index (χ2v) is 4.75. The Balaban J connectivity index is 2.21. The molecule has 0 heterocycles. The first-order valence-electron chi connectivity index (χ1n) is 6.81. The number of rotatable bonds is 5. The van der Waals surface area contributed by atoms with Crippen LogP contribution < -0.4 is 10.5 Å². The van der Waals surface area contributed by atoms with E-state index in [1.807, 2.05) is 37.3 Å². The normalized spacial score (nSPS) is 11.7. The highest BCUT2D eigenvalue weighted by atomic mass is 19.1. The van der Waals surface area contributed by atoms with Crippen molar-refractivity contribution in [3.63, 3.8) is 0 Å². The molecule has 0 fully saturated rings. The Morgan fingerprint density at radius 3 is 2.76 bits per heavy atom. The van der Waals surface area contributed by atoms with Crippen LogP contribution >= 0.6 is 0 Å². The van der Waals surface area contributed by atoms with Crippen molar-refractivity contribution in [1.29, 1.82) is 5.26 Å². The summed E-state index contributed by atoms with van der Waals surface area (Å²) < 4.78 is 19.0. The van der Waals surface area contributed by atoms with Gasteiger partial charge in [-0.05, 0) is 30.7 Å². The molecule has 0 radical (unpaired) electrons. The summed E-state index contributed by atoms with van der Waals surface area (Å²) in [7, 11) is 0. The van der Waals surface area contributed by atoms with Crippen molar-refractivity contribution >= 4 is 0 Å². The average molecular weight is 284 g/mol. The number of ether oxygens (including phenoxy) is 1. The second-order valence-electron chi connectivity index (χ2n) is 4.75. The largest absolute Gasteiger partial charge is 0.489 e. The Kier molecular flexibility index (Phi) is 4.91. The number of halogens is 1. The molecule has 2 aromatic carbocycles. The predicted molar refractivity (Wildman–Crippen MR) is 79.1 cm³/mol. The summed E-state index contributed by atoms with van der Waals surface area (Å²) in [5.41, 5.74) is 7.90. The standard InChI is InChI=1S/C17H17FN2O/c1-2-16(20)15-5-3-4-6-17(15)21-11-13-9-14(18)8-7-12(13)10-19/h3-9,16H,2,11,20H2,1H3. The van der Waals surface area contributed by atoms with Crippen LogP contribution in [0.5, 0.6) is 5.75 Å². The summed E-state index contributed by atoms with van der Waals surface area (Å²) in [6.45, 7) is 2.13. The van der Waals surface area contributed by atoms with Gasteiger partial charge in [0.2, 0.25) is 0 Å². The van der Waals surface area contributed by atoms with Crippen molar-refractivity contribution in [2.75, 3.05) is 0 Å². The molecule has 3 nitrogen and oxygen atoms in total. The van der Waals surface area contributed by atoms with Crippen molar-refractivity contribution in [3.05, 3.63) is 65.0 Å². The van der Waals surface area contributed by atoms with E-state index in [-0.39, 0.29) is 18.5 Å². The van der Waals surface area contributed by atoms with Crippen LogP contribution in [0.1, 0.15) is 36.1 Å². The quantitative estimate of drug-likeness (QED) is 0.911. The predicted octanol–water partition coefficient (Wildman–Crippen LogP) is 3.69. The van der Waals surface area contributed by atoms with Gasteiger partial charge in [0.15, 0.2) is 0 Å². The highest BCUT2D eigenvalue weighted by Gasteiger charge is 2.11. The van der Waals surface area contributed by atoms with Crippen molar-refractivity contribution in [2.45, 2.75) is 26.0 Å². The first-order valence-corrected chi connectivity index (χ1v) is 6.81. The first-order chi connectivity index (χ1) is 10.2. The molecular formula is C17H17FN2O. The Morgan fingerprint density at radius 2 is 2.05 bits per heavy atom. The van der Waals surface area contributed by atoms with E-state index in [0.717, 1.165) is 12.0 Å². The summed E-state index contributed by atoms with van der Waals surface area (Å²) in [6.07, 6.45) is 0.795. The molecule has 2 aromatic rings. The fourth-order valence-corrected chi connectivity index (χ4v) is 2.08. The van der Waals surface area contributed by atoms with Crippen LogP contribution in [0.15, 0.2) is 42.5 Å². The van der Waals surface area contributed by atoms with Crippen LogP contribution in [-0.2, 0) is 6.61 Å². The van der Waals surface area contributed by atoms with Gasteiger partial charge in [0, 0.05) is 17.2 Å². The van der Waals surface area contributed by atoms with Gasteiger partial charge in [-0.25, -0.2) is 4.39 Å². The number of nitrogens with zero attached hydrogens (tertiary/aromatic N) is 1. The third-order valence-corrected chi connectivity index (χ3v) is 3.33. The summed E-state index contributed by atoms with van der Waals surface area (Å²) in [5.74, 6) is 0.283. The van der Waals surface area contributed by atoms with E-state index in [9.17, 15) is 4.39 Å². The smallest absolute Gasteiger partial charge is 0.124 e. The maximum Gasteiger partial charge on any atom is 0.124 e. The lowest BCUT2D eigenvalue weighted by Gasteiger charge is -2.16. The molecule has 21 heavy (non-hydrogen) atoms. The van der Waals surface area contributed by atoms with Gasteiger partial charge in [0.25, 0.3) is 0 Å². The first kappa shape index (κ1) is 15.0. The summed E-state index contributed by atoms with van der Waals surface area (Å²) >= 11 is 0. The molecule has 0 aliphatic rings. The van der Waals surface area contributed by atoms with Gasteiger partial charge in [-0.3, -0.25) is 0 Å². The summed E-state index contributed by atoms with van der Waals surface area (Å²) in [4.78, 5) is 0. The van der Waals surface area contributed by atoms with E-state index in [0.29, 0.717) is 16.9 Å². The van der Waals surface area contributed by atoms with Gasteiger partial charge in [-0.1, -0.05) is 25.1 Å². The number of nitrogens with two attached hydrogens (primary N) is 1. The number of nitriles is 1. The lowest BCUT2D eigenvalue weighted by Crippen LogP contribution is -2.11. The minimum absolute atomic E-state index is 0.107. The molecule has 1 atom stereocenters. The van der Waals surface area contributed by atoms with Gasteiger partial charge in [0.1, 0.15) is 18.2 Å². The molecule has 0 saturated heterocycles. The van der Waals surface area contributed by atoms with Crippen LogP contribution in [0, 0.1) is 17.1 Å². The Morgan fingerprint density at radius 1 is 1.29 bits per heavy atom. The van der Waals surface area contributed by atoms with E-state index >= 15 is 0 Å². The zero-order chi connectivity index (χ0) is 15.2. The average Bonchev–Trinajstić information content (AvgIpc) is 2.52. The molecule has 0 aliphatic heterocycles.